The molecule has 1 aliphatic heterocycles. The van der Waals surface area contributed by atoms with Gasteiger partial charge in [0.15, 0.2) is 0 Å². The molecule has 1 amide bonds. The molecule has 0 bridgehead atoms. The largest absolute Gasteiger partial charge is 0.465 e. The molecule has 1 saturated carbocycles. The SMILES string of the molecule is COC(=O)C1=C(C)N(C2CCCC2)C(=O)/C1=C\c1cccc([N+](=O)[O-])c1. The number of carbonyl (C=O) groups is 2. The van der Waals surface area contributed by atoms with E-state index in [0.717, 1.165) is 25.7 Å². The Bertz CT molecular complexity index is 834. The van der Waals surface area contributed by atoms with Crippen LogP contribution in [0.25, 0.3) is 6.08 Å². The van der Waals surface area contributed by atoms with Crippen molar-refractivity contribution in [3.63, 3.8) is 0 Å². The lowest BCUT2D eigenvalue weighted by molar-refractivity contribution is -0.384. The third-order valence-electron chi connectivity index (χ3n) is 4.91. The van der Waals surface area contributed by atoms with E-state index in [2.05, 4.69) is 0 Å². The van der Waals surface area contributed by atoms with Gasteiger partial charge in [-0.05, 0) is 31.4 Å². The highest BCUT2D eigenvalue weighted by molar-refractivity contribution is 6.16. The molecular formula is C19H20N2O5. The fourth-order valence-corrected chi connectivity index (χ4v) is 3.69. The lowest BCUT2D eigenvalue weighted by atomic mass is 10.0. The van der Waals surface area contributed by atoms with Gasteiger partial charge in [0.05, 0.1) is 23.2 Å². The van der Waals surface area contributed by atoms with Crippen molar-refractivity contribution < 1.29 is 19.2 Å². The monoisotopic (exact) mass is 356 g/mol. The first kappa shape index (κ1) is 17.8. The summed E-state index contributed by atoms with van der Waals surface area (Å²) in [7, 11) is 1.27. The third kappa shape index (κ3) is 3.12. The molecule has 1 fully saturated rings. The van der Waals surface area contributed by atoms with Gasteiger partial charge in [-0.25, -0.2) is 4.79 Å². The summed E-state index contributed by atoms with van der Waals surface area (Å²) in [6.07, 6.45) is 5.45. The average molecular weight is 356 g/mol. The summed E-state index contributed by atoms with van der Waals surface area (Å²) in [6, 6.07) is 6.05. The van der Waals surface area contributed by atoms with E-state index in [-0.39, 0.29) is 28.8 Å². The number of ether oxygens (including phenoxy) is 1. The van der Waals surface area contributed by atoms with E-state index in [1.165, 1.54) is 25.3 Å². The molecule has 0 atom stereocenters. The minimum Gasteiger partial charge on any atom is -0.465 e. The van der Waals surface area contributed by atoms with Crippen LogP contribution in [0.3, 0.4) is 0 Å². The molecule has 1 aromatic carbocycles. The number of hydrogen-bond acceptors (Lipinski definition) is 5. The van der Waals surface area contributed by atoms with Crippen LogP contribution in [0.15, 0.2) is 41.1 Å². The van der Waals surface area contributed by atoms with E-state index in [4.69, 9.17) is 4.74 Å². The van der Waals surface area contributed by atoms with Gasteiger partial charge in [-0.2, -0.15) is 0 Å². The number of nitro groups is 1. The smallest absolute Gasteiger partial charge is 0.340 e. The third-order valence-corrected chi connectivity index (χ3v) is 4.91. The van der Waals surface area contributed by atoms with Gasteiger partial charge in [-0.3, -0.25) is 14.9 Å². The van der Waals surface area contributed by atoms with Crippen LogP contribution < -0.4 is 0 Å². The van der Waals surface area contributed by atoms with Crippen LogP contribution in [0.4, 0.5) is 5.69 Å². The number of carbonyl (C=O) groups excluding carboxylic acids is 2. The van der Waals surface area contributed by atoms with Gasteiger partial charge in [0.25, 0.3) is 11.6 Å². The van der Waals surface area contributed by atoms with Gasteiger partial charge in [0.1, 0.15) is 0 Å². The summed E-state index contributed by atoms with van der Waals surface area (Å²) in [4.78, 5) is 37.5. The summed E-state index contributed by atoms with van der Waals surface area (Å²) >= 11 is 0. The summed E-state index contributed by atoms with van der Waals surface area (Å²) in [6.45, 7) is 1.75. The highest BCUT2D eigenvalue weighted by atomic mass is 16.6. The molecular weight excluding hydrogens is 336 g/mol. The molecule has 0 N–H and O–H groups in total. The van der Waals surface area contributed by atoms with Crippen LogP contribution in [0, 0.1) is 10.1 Å². The van der Waals surface area contributed by atoms with Crippen LogP contribution >= 0.6 is 0 Å². The van der Waals surface area contributed by atoms with Crippen molar-refractivity contribution >= 4 is 23.6 Å². The molecule has 0 spiro atoms. The van der Waals surface area contributed by atoms with Crippen LogP contribution in [0.5, 0.6) is 0 Å². The van der Waals surface area contributed by atoms with Crippen molar-refractivity contribution in [2.45, 2.75) is 38.6 Å². The molecule has 7 nitrogen and oxygen atoms in total. The van der Waals surface area contributed by atoms with Crippen molar-refractivity contribution in [3.05, 3.63) is 56.8 Å². The number of nitro benzene ring substituents is 1. The molecule has 1 aromatic rings. The number of non-ortho nitro benzene ring substituents is 1. The zero-order valence-electron chi connectivity index (χ0n) is 14.7. The Morgan fingerprint density at radius 1 is 1.35 bits per heavy atom. The van der Waals surface area contributed by atoms with Gasteiger partial charge >= 0.3 is 5.97 Å². The molecule has 1 aliphatic carbocycles. The molecule has 2 aliphatic rings. The van der Waals surface area contributed by atoms with E-state index in [9.17, 15) is 19.7 Å². The van der Waals surface area contributed by atoms with Crippen molar-refractivity contribution in [3.8, 4) is 0 Å². The van der Waals surface area contributed by atoms with Gasteiger partial charge in [-0.15, -0.1) is 0 Å². The first-order chi connectivity index (χ1) is 12.4. The Hall–Kier alpha value is -2.96. The number of methoxy groups -OCH3 is 1. The number of amides is 1. The highest BCUT2D eigenvalue weighted by Gasteiger charge is 2.41. The van der Waals surface area contributed by atoms with Crippen molar-refractivity contribution in [2.75, 3.05) is 7.11 Å². The fraction of sp³-hybridized carbons (Fsp3) is 0.368. The maximum absolute atomic E-state index is 13.0. The van der Waals surface area contributed by atoms with E-state index < -0.39 is 10.9 Å². The zero-order valence-corrected chi connectivity index (χ0v) is 14.7. The summed E-state index contributed by atoms with van der Waals surface area (Å²) < 4.78 is 4.87. The van der Waals surface area contributed by atoms with Crippen molar-refractivity contribution in [1.29, 1.82) is 0 Å². The van der Waals surface area contributed by atoms with Gasteiger partial charge < -0.3 is 9.64 Å². The lowest BCUT2D eigenvalue weighted by Crippen LogP contribution is -2.34. The second-order valence-electron chi connectivity index (χ2n) is 6.48. The Morgan fingerprint density at radius 2 is 2.04 bits per heavy atom. The number of esters is 1. The summed E-state index contributed by atoms with van der Waals surface area (Å²) in [5.74, 6) is -0.825. The second kappa shape index (κ2) is 7.11. The first-order valence-electron chi connectivity index (χ1n) is 8.53. The van der Waals surface area contributed by atoms with Crippen LogP contribution in [-0.2, 0) is 14.3 Å². The number of hydrogen-bond donors (Lipinski definition) is 0. The Morgan fingerprint density at radius 3 is 2.65 bits per heavy atom. The molecule has 26 heavy (non-hydrogen) atoms. The Kier molecular flexibility index (Phi) is 4.88. The minimum atomic E-state index is -0.576. The lowest BCUT2D eigenvalue weighted by Gasteiger charge is -2.25. The standard InChI is InChI=1S/C19H20N2O5/c1-12-17(19(23)26-2)16(18(22)20(12)14-7-3-4-8-14)11-13-6-5-9-15(10-13)21(24)25/h5-6,9-11,14H,3-4,7-8H2,1-2H3/b16-11-. The molecule has 0 radical (unpaired) electrons. The molecule has 7 heteroatoms. The van der Waals surface area contributed by atoms with Gasteiger partial charge in [-0.1, -0.05) is 25.0 Å². The average Bonchev–Trinajstić information content (AvgIpc) is 3.22. The quantitative estimate of drug-likeness (QED) is 0.358. The van der Waals surface area contributed by atoms with Crippen LogP contribution in [-0.4, -0.2) is 34.9 Å². The van der Waals surface area contributed by atoms with Crippen LogP contribution in [0.1, 0.15) is 38.2 Å². The minimum absolute atomic E-state index is 0.0715. The van der Waals surface area contributed by atoms with Crippen molar-refractivity contribution in [1.82, 2.24) is 4.90 Å². The predicted octanol–water partition coefficient (Wildman–Crippen LogP) is 3.21. The molecule has 136 valence electrons. The number of allylic oxidation sites excluding steroid dienone is 1. The van der Waals surface area contributed by atoms with Crippen LogP contribution in [0.2, 0.25) is 0 Å². The predicted molar refractivity (Wildman–Crippen MR) is 94.9 cm³/mol. The van der Waals surface area contributed by atoms with E-state index in [1.54, 1.807) is 24.0 Å². The first-order valence-corrected chi connectivity index (χ1v) is 8.53. The molecule has 0 aromatic heterocycles. The van der Waals surface area contributed by atoms with Crippen molar-refractivity contribution in [2.24, 2.45) is 0 Å². The molecule has 1 heterocycles. The van der Waals surface area contributed by atoms with Gasteiger partial charge in [0.2, 0.25) is 0 Å². The highest BCUT2D eigenvalue weighted by Crippen LogP contribution is 2.37. The maximum atomic E-state index is 13.0. The summed E-state index contributed by atoms with van der Waals surface area (Å²) in [5.41, 5.74) is 1.46. The fourth-order valence-electron chi connectivity index (χ4n) is 3.69. The van der Waals surface area contributed by atoms with E-state index in [1.807, 2.05) is 0 Å². The second-order valence-corrected chi connectivity index (χ2v) is 6.48. The zero-order chi connectivity index (χ0) is 18.8. The van der Waals surface area contributed by atoms with E-state index in [0.29, 0.717) is 11.3 Å². The normalized spacial score (nSPS) is 19.5. The topological polar surface area (TPSA) is 89.8 Å². The van der Waals surface area contributed by atoms with Gasteiger partial charge in [0, 0.05) is 23.9 Å². The Balaban J connectivity index is 2.06. The van der Waals surface area contributed by atoms with E-state index >= 15 is 0 Å². The number of rotatable bonds is 4. The molecule has 0 saturated heterocycles. The molecule has 0 unspecified atom stereocenters. The maximum Gasteiger partial charge on any atom is 0.340 e. The Labute approximate surface area is 151 Å². The molecule has 3 rings (SSSR count). The number of benzene rings is 1. The number of nitrogens with zero attached hydrogens (tertiary/aromatic N) is 2. The summed E-state index contributed by atoms with van der Waals surface area (Å²) in [5, 5.41) is 11.0.